The van der Waals surface area contributed by atoms with Gasteiger partial charge in [-0.15, -0.1) is 0 Å². The molecule has 0 fully saturated rings. The topological polar surface area (TPSA) is 20.2 Å². The van der Waals surface area contributed by atoms with Crippen LogP contribution in [0, 0.1) is 0 Å². The Bertz CT molecular complexity index is 569. The van der Waals surface area contributed by atoms with Gasteiger partial charge in [-0.2, -0.15) is 0 Å². The van der Waals surface area contributed by atoms with Crippen LogP contribution >= 0.6 is 10.3 Å². The predicted molar refractivity (Wildman–Crippen MR) is 95.7 cm³/mol. The zero-order chi connectivity index (χ0) is 15.8. The van der Waals surface area contributed by atoms with E-state index in [-0.39, 0.29) is 0 Å². The molecule has 0 atom stereocenters. The Balaban J connectivity index is 0.000000847. The molecule has 0 unspecified atom stereocenters. The quantitative estimate of drug-likeness (QED) is 0.588. The number of hydrogen-bond donors (Lipinski definition) is 1. The van der Waals surface area contributed by atoms with Gasteiger partial charge < -0.3 is 4.55 Å². The predicted octanol–water partition coefficient (Wildman–Crippen LogP) is 6.47. The molecule has 0 saturated carbocycles. The SMILES string of the molecule is CC.OS(c1ccccc1)(c1ccccc1)c1ccccc1. The molecular weight excluding hydrogens is 288 g/mol. The van der Waals surface area contributed by atoms with Gasteiger partial charge in [-0.05, 0) is 36.4 Å². The largest absolute Gasteiger partial charge is 0.338 e. The molecule has 0 heterocycles. The third kappa shape index (κ3) is 3.24. The van der Waals surface area contributed by atoms with Crippen molar-refractivity contribution in [1.29, 1.82) is 0 Å². The lowest BCUT2D eigenvalue weighted by Gasteiger charge is -2.35. The lowest BCUT2D eigenvalue weighted by molar-refractivity contribution is 0.623. The molecule has 0 aliphatic heterocycles. The highest BCUT2D eigenvalue weighted by Crippen LogP contribution is 2.64. The summed E-state index contributed by atoms with van der Waals surface area (Å²) in [6.07, 6.45) is 0. The molecule has 0 aliphatic carbocycles. The van der Waals surface area contributed by atoms with Crippen molar-refractivity contribution in [2.24, 2.45) is 0 Å². The van der Waals surface area contributed by atoms with Crippen LogP contribution in [-0.2, 0) is 0 Å². The summed E-state index contributed by atoms with van der Waals surface area (Å²) in [6, 6.07) is 29.7. The second-order valence-electron chi connectivity index (χ2n) is 4.52. The van der Waals surface area contributed by atoms with E-state index in [9.17, 15) is 4.55 Å². The van der Waals surface area contributed by atoms with E-state index in [2.05, 4.69) is 0 Å². The number of rotatable bonds is 3. The van der Waals surface area contributed by atoms with E-state index in [1.807, 2.05) is 105 Å². The zero-order valence-electron chi connectivity index (χ0n) is 13.0. The Morgan fingerprint density at radius 2 is 0.727 bits per heavy atom. The van der Waals surface area contributed by atoms with Crippen molar-refractivity contribution in [3.63, 3.8) is 0 Å². The average molecular weight is 310 g/mol. The van der Waals surface area contributed by atoms with Crippen LogP contribution in [0.2, 0.25) is 0 Å². The third-order valence-corrected chi connectivity index (χ3v) is 6.12. The Morgan fingerprint density at radius 3 is 0.955 bits per heavy atom. The fraction of sp³-hybridized carbons (Fsp3) is 0.100. The molecular formula is C20H22OS. The molecule has 0 radical (unpaired) electrons. The molecule has 2 heteroatoms. The Kier molecular flexibility index (Phi) is 5.82. The standard InChI is InChI=1S/C18H16OS.C2H6/c19-20(16-10-4-1-5-11-16,17-12-6-2-7-13-17)18-14-8-3-9-15-18;1-2/h1-15,19H;1-2H3. The van der Waals surface area contributed by atoms with E-state index in [0.717, 1.165) is 14.7 Å². The molecule has 0 aliphatic rings. The summed E-state index contributed by atoms with van der Waals surface area (Å²) in [5.41, 5.74) is 0. The van der Waals surface area contributed by atoms with Crippen LogP contribution in [0.25, 0.3) is 0 Å². The second-order valence-corrected chi connectivity index (χ2v) is 7.09. The van der Waals surface area contributed by atoms with Crippen LogP contribution in [0.15, 0.2) is 106 Å². The summed E-state index contributed by atoms with van der Waals surface area (Å²) in [5, 5.41) is 0. The van der Waals surface area contributed by atoms with Crippen LogP contribution in [0.1, 0.15) is 13.8 Å². The molecule has 22 heavy (non-hydrogen) atoms. The van der Waals surface area contributed by atoms with Gasteiger partial charge in [-0.3, -0.25) is 0 Å². The first-order valence-electron chi connectivity index (χ1n) is 7.53. The maximum Gasteiger partial charge on any atom is 0.0213 e. The molecule has 1 N–H and O–H groups in total. The smallest absolute Gasteiger partial charge is 0.0213 e. The van der Waals surface area contributed by atoms with Gasteiger partial charge in [0.05, 0.1) is 0 Å². The second kappa shape index (κ2) is 7.83. The summed E-state index contributed by atoms with van der Waals surface area (Å²) in [7, 11) is -2.18. The van der Waals surface area contributed by atoms with E-state index in [1.54, 1.807) is 0 Å². The van der Waals surface area contributed by atoms with E-state index < -0.39 is 10.3 Å². The van der Waals surface area contributed by atoms with Gasteiger partial charge in [0, 0.05) is 14.7 Å². The summed E-state index contributed by atoms with van der Waals surface area (Å²) >= 11 is 0. The maximum absolute atomic E-state index is 11.5. The van der Waals surface area contributed by atoms with Crippen molar-refractivity contribution in [1.82, 2.24) is 0 Å². The van der Waals surface area contributed by atoms with Gasteiger partial charge in [0.15, 0.2) is 0 Å². The lowest BCUT2D eigenvalue weighted by Crippen LogP contribution is -2.01. The highest BCUT2D eigenvalue weighted by Gasteiger charge is 2.27. The van der Waals surface area contributed by atoms with Crippen molar-refractivity contribution >= 4 is 10.3 Å². The van der Waals surface area contributed by atoms with E-state index in [4.69, 9.17) is 0 Å². The minimum Gasteiger partial charge on any atom is -0.338 e. The van der Waals surface area contributed by atoms with E-state index >= 15 is 0 Å². The molecule has 0 saturated heterocycles. The summed E-state index contributed by atoms with van der Waals surface area (Å²) < 4.78 is 11.5. The fourth-order valence-corrected chi connectivity index (χ4v) is 4.73. The maximum atomic E-state index is 11.5. The molecule has 0 amide bonds. The van der Waals surface area contributed by atoms with Gasteiger partial charge in [0.25, 0.3) is 0 Å². The van der Waals surface area contributed by atoms with Crippen LogP contribution in [0.5, 0.6) is 0 Å². The Hall–Kier alpha value is -2.03. The monoisotopic (exact) mass is 310 g/mol. The molecule has 3 aromatic carbocycles. The molecule has 114 valence electrons. The Labute approximate surface area is 134 Å². The number of benzene rings is 3. The molecule has 1 nitrogen and oxygen atoms in total. The van der Waals surface area contributed by atoms with E-state index in [0.29, 0.717) is 0 Å². The van der Waals surface area contributed by atoms with Crippen molar-refractivity contribution in [2.45, 2.75) is 28.5 Å². The van der Waals surface area contributed by atoms with Gasteiger partial charge in [-0.1, -0.05) is 78.8 Å². The van der Waals surface area contributed by atoms with Crippen molar-refractivity contribution < 1.29 is 4.55 Å². The molecule has 0 spiro atoms. The molecule has 0 aromatic heterocycles. The summed E-state index contributed by atoms with van der Waals surface area (Å²) in [5.74, 6) is 0. The molecule has 3 rings (SSSR count). The van der Waals surface area contributed by atoms with Crippen LogP contribution in [-0.4, -0.2) is 4.55 Å². The van der Waals surface area contributed by atoms with Crippen molar-refractivity contribution in [2.75, 3.05) is 0 Å². The third-order valence-electron chi connectivity index (χ3n) is 3.25. The highest BCUT2D eigenvalue weighted by molar-refractivity contribution is 8.29. The normalized spacial score (nSPS) is 11.2. The molecule has 0 bridgehead atoms. The van der Waals surface area contributed by atoms with Crippen molar-refractivity contribution in [3.05, 3.63) is 91.0 Å². The van der Waals surface area contributed by atoms with Gasteiger partial charge in [0.1, 0.15) is 0 Å². The average Bonchev–Trinajstić information content (AvgIpc) is 2.65. The highest BCUT2D eigenvalue weighted by atomic mass is 32.3. The van der Waals surface area contributed by atoms with Crippen LogP contribution in [0.4, 0.5) is 0 Å². The van der Waals surface area contributed by atoms with Gasteiger partial charge >= 0.3 is 0 Å². The minimum absolute atomic E-state index is 0.956. The number of hydrogen-bond acceptors (Lipinski definition) is 1. The summed E-state index contributed by atoms with van der Waals surface area (Å²) in [4.78, 5) is 2.87. The van der Waals surface area contributed by atoms with Crippen LogP contribution < -0.4 is 0 Å². The first-order valence-corrected chi connectivity index (χ1v) is 9.12. The zero-order valence-corrected chi connectivity index (χ0v) is 13.8. The fourth-order valence-electron chi connectivity index (χ4n) is 2.26. The van der Waals surface area contributed by atoms with Crippen LogP contribution in [0.3, 0.4) is 0 Å². The first-order chi connectivity index (χ1) is 10.8. The van der Waals surface area contributed by atoms with Crippen molar-refractivity contribution in [3.8, 4) is 0 Å². The van der Waals surface area contributed by atoms with Gasteiger partial charge in [-0.25, -0.2) is 0 Å². The lowest BCUT2D eigenvalue weighted by atomic mass is 10.4. The Morgan fingerprint density at radius 1 is 0.500 bits per heavy atom. The minimum atomic E-state index is -2.18. The van der Waals surface area contributed by atoms with Gasteiger partial charge in [0.2, 0.25) is 0 Å². The molecule has 3 aromatic rings. The first kappa shape index (κ1) is 16.3. The summed E-state index contributed by atoms with van der Waals surface area (Å²) in [6.45, 7) is 4.00. The van der Waals surface area contributed by atoms with E-state index in [1.165, 1.54) is 0 Å².